The van der Waals surface area contributed by atoms with Crippen molar-refractivity contribution in [2.75, 3.05) is 26.4 Å². The molecule has 0 saturated carbocycles. The van der Waals surface area contributed by atoms with Gasteiger partial charge in [-0.15, -0.1) is 0 Å². The summed E-state index contributed by atoms with van der Waals surface area (Å²) in [6.45, 7) is 8.21. The molecule has 0 atom stereocenters. The Morgan fingerprint density at radius 1 is 0.344 bits per heavy atom. The molecule has 0 radical (unpaired) electrons. The van der Waals surface area contributed by atoms with Gasteiger partial charge in [-0.05, 0) is 52.0 Å². The topological polar surface area (TPSA) is 222 Å². The second-order valence-corrected chi connectivity index (χ2v) is 13.2. The number of carbonyl (C=O) groups is 8. The Hall–Kier alpha value is -8.40. The molecule has 0 unspecified atom stereocenters. The maximum atomic E-state index is 11.5. The highest BCUT2D eigenvalue weighted by Crippen LogP contribution is 2.26. The van der Waals surface area contributed by atoms with Crippen LogP contribution in [-0.4, -0.2) is 73.9 Å². The van der Waals surface area contributed by atoms with E-state index < -0.39 is 23.9 Å². The number of benzene rings is 4. The molecule has 4 aromatic rings. The molecule has 0 spiro atoms. The number of carbonyl (C=O) groups excluding carboxylic acids is 8. The van der Waals surface area contributed by atoms with Gasteiger partial charge in [0, 0.05) is 68.8 Å². The zero-order chi connectivity index (χ0) is 46.2. The van der Waals surface area contributed by atoms with Gasteiger partial charge in [-0.1, -0.05) is 72.8 Å². The van der Waals surface area contributed by atoms with Gasteiger partial charge >= 0.3 is 23.9 Å². The van der Waals surface area contributed by atoms with Crippen LogP contribution in [0.15, 0.2) is 121 Å². The van der Waals surface area contributed by atoms with E-state index in [4.69, 9.17) is 18.9 Å². The lowest BCUT2D eigenvalue weighted by Gasteiger charge is -1.99. The first-order chi connectivity index (χ1) is 30.9. The van der Waals surface area contributed by atoms with Crippen molar-refractivity contribution in [3.05, 3.63) is 166 Å². The molecule has 0 aromatic heterocycles. The van der Waals surface area contributed by atoms with Gasteiger partial charge in [0.2, 0.25) is 0 Å². The Labute approximate surface area is 368 Å². The summed E-state index contributed by atoms with van der Waals surface area (Å²) in [6, 6.07) is 28.4. The Bertz CT molecular complexity index is 2270. The van der Waals surface area contributed by atoms with Crippen LogP contribution >= 0.6 is 0 Å². The van der Waals surface area contributed by atoms with E-state index in [1.54, 1.807) is 100 Å². The van der Waals surface area contributed by atoms with Crippen LogP contribution in [0.1, 0.15) is 91.4 Å². The SMILES string of the molecule is CCOC(=O)/C=C1\NC(=O)c2ccccc21.CCOC(=O)/C=C1\NC(=O)c2ccccc21.CCOC(=O)/C=C1\NC(=O)c2ccccc21.CCOC(=O)/C=C1\NC(=O)c2ccccc21. The minimum atomic E-state index is -0.450. The molecule has 4 N–H and O–H groups in total. The quantitative estimate of drug-likeness (QED) is 0.100. The Kier molecular flexibility index (Phi) is 16.4. The maximum absolute atomic E-state index is 11.5. The fraction of sp³-hybridized carbons (Fsp3) is 0.167. The number of ether oxygens (including phenoxy) is 4. The average Bonchev–Trinajstić information content (AvgIpc) is 3.98. The van der Waals surface area contributed by atoms with E-state index >= 15 is 0 Å². The second kappa shape index (κ2) is 22.4. The van der Waals surface area contributed by atoms with Crippen molar-refractivity contribution >= 4 is 70.3 Å². The van der Waals surface area contributed by atoms with Gasteiger partial charge in [-0.25, -0.2) is 19.2 Å². The lowest BCUT2D eigenvalue weighted by molar-refractivity contribution is -0.138. The van der Waals surface area contributed by atoms with E-state index in [9.17, 15) is 38.4 Å². The van der Waals surface area contributed by atoms with Crippen molar-refractivity contribution in [1.29, 1.82) is 0 Å². The smallest absolute Gasteiger partial charge is 0.332 e. The van der Waals surface area contributed by atoms with Crippen LogP contribution in [0.3, 0.4) is 0 Å². The number of amides is 4. The highest BCUT2D eigenvalue weighted by molar-refractivity contribution is 6.14. The van der Waals surface area contributed by atoms with E-state index in [0.717, 1.165) is 22.3 Å². The van der Waals surface area contributed by atoms with Crippen LogP contribution < -0.4 is 21.3 Å². The van der Waals surface area contributed by atoms with Gasteiger partial charge in [-0.3, -0.25) is 19.2 Å². The lowest BCUT2D eigenvalue weighted by Crippen LogP contribution is -2.13. The highest BCUT2D eigenvalue weighted by atomic mass is 16.5. The number of hydrogen-bond acceptors (Lipinski definition) is 12. The fourth-order valence-electron chi connectivity index (χ4n) is 6.35. The fourth-order valence-corrected chi connectivity index (χ4v) is 6.35. The molecule has 0 bridgehead atoms. The summed E-state index contributed by atoms with van der Waals surface area (Å²) in [5.74, 6) is -2.55. The van der Waals surface area contributed by atoms with E-state index in [1.165, 1.54) is 24.3 Å². The average molecular weight is 869 g/mol. The van der Waals surface area contributed by atoms with Crippen LogP contribution in [0.4, 0.5) is 0 Å². The zero-order valence-electron chi connectivity index (χ0n) is 35.3. The van der Waals surface area contributed by atoms with Gasteiger partial charge in [-0.2, -0.15) is 0 Å². The van der Waals surface area contributed by atoms with Crippen molar-refractivity contribution in [2.45, 2.75) is 27.7 Å². The molecule has 0 saturated heterocycles. The molecule has 64 heavy (non-hydrogen) atoms. The number of esters is 4. The van der Waals surface area contributed by atoms with Crippen LogP contribution in [0.2, 0.25) is 0 Å². The first kappa shape index (κ1) is 46.7. The third kappa shape index (κ3) is 11.9. The Morgan fingerprint density at radius 2 is 0.516 bits per heavy atom. The molecule has 0 aliphatic carbocycles. The summed E-state index contributed by atoms with van der Waals surface area (Å²) in [5.41, 5.74) is 7.27. The van der Waals surface area contributed by atoms with Gasteiger partial charge in [0.05, 0.1) is 49.2 Å². The largest absolute Gasteiger partial charge is 0.463 e. The molecule has 4 aliphatic rings. The van der Waals surface area contributed by atoms with Crippen LogP contribution in [0.25, 0.3) is 22.8 Å². The number of fused-ring (bicyclic) bond motifs is 4. The lowest BCUT2D eigenvalue weighted by atomic mass is 10.1. The van der Waals surface area contributed by atoms with Crippen LogP contribution in [0, 0.1) is 0 Å². The van der Waals surface area contributed by atoms with Crippen molar-refractivity contribution in [2.24, 2.45) is 0 Å². The molecule has 328 valence electrons. The van der Waals surface area contributed by atoms with Gasteiger partial charge in [0.25, 0.3) is 23.6 Å². The molecular weight excluding hydrogens is 825 g/mol. The third-order valence-electron chi connectivity index (χ3n) is 9.04. The number of hydrogen-bond donors (Lipinski definition) is 4. The summed E-state index contributed by atoms with van der Waals surface area (Å²) in [4.78, 5) is 91.1. The van der Waals surface area contributed by atoms with Gasteiger partial charge < -0.3 is 40.2 Å². The Morgan fingerprint density at radius 3 is 0.688 bits per heavy atom. The predicted molar refractivity (Wildman–Crippen MR) is 234 cm³/mol. The monoisotopic (exact) mass is 868 g/mol. The number of rotatable bonds is 8. The minimum absolute atomic E-state index is 0.189. The van der Waals surface area contributed by atoms with Crippen LogP contribution in [0.5, 0.6) is 0 Å². The van der Waals surface area contributed by atoms with Crippen molar-refractivity contribution in [3.8, 4) is 0 Å². The standard InChI is InChI=1S/4C12H11NO3/c4*1-2-16-11(14)7-10-8-5-3-4-6-9(8)12(15)13-10/h4*3-7H,2H2,1H3,(H,13,15)/b4*10-7-. The number of nitrogens with one attached hydrogen (secondary N) is 4. The highest BCUT2D eigenvalue weighted by Gasteiger charge is 2.26. The molecule has 8 rings (SSSR count). The molecule has 4 amide bonds. The van der Waals surface area contributed by atoms with E-state index in [-0.39, 0.29) is 23.6 Å². The molecule has 4 aliphatic heterocycles. The van der Waals surface area contributed by atoms with Gasteiger partial charge in [0.15, 0.2) is 0 Å². The zero-order valence-corrected chi connectivity index (χ0v) is 35.3. The molecule has 4 aromatic carbocycles. The molecule has 16 nitrogen and oxygen atoms in total. The third-order valence-corrected chi connectivity index (χ3v) is 9.04. The Balaban J connectivity index is 0.000000161. The van der Waals surface area contributed by atoms with Crippen molar-refractivity contribution in [1.82, 2.24) is 21.3 Å². The molecule has 4 heterocycles. The first-order valence-corrected chi connectivity index (χ1v) is 20.1. The van der Waals surface area contributed by atoms with E-state index in [2.05, 4.69) is 21.3 Å². The predicted octanol–water partition coefficient (Wildman–Crippen LogP) is 5.34. The van der Waals surface area contributed by atoms with Crippen molar-refractivity contribution in [3.63, 3.8) is 0 Å². The summed E-state index contributed by atoms with van der Waals surface area (Å²) in [7, 11) is 0. The normalized spacial score (nSPS) is 15.8. The summed E-state index contributed by atoms with van der Waals surface area (Å²) in [5, 5.41) is 10.5. The first-order valence-electron chi connectivity index (χ1n) is 20.1. The van der Waals surface area contributed by atoms with Crippen molar-refractivity contribution < 1.29 is 57.3 Å². The minimum Gasteiger partial charge on any atom is -0.463 e. The maximum Gasteiger partial charge on any atom is 0.332 e. The second-order valence-electron chi connectivity index (χ2n) is 13.2. The summed E-state index contributed by atoms with van der Waals surface area (Å²) < 4.78 is 19.1. The molecule has 0 fully saturated rings. The summed E-state index contributed by atoms with van der Waals surface area (Å²) >= 11 is 0. The van der Waals surface area contributed by atoms with E-state index in [1.807, 2.05) is 24.3 Å². The van der Waals surface area contributed by atoms with Crippen LogP contribution in [-0.2, 0) is 38.1 Å². The summed E-state index contributed by atoms with van der Waals surface area (Å²) in [6.07, 6.45) is 5.20. The van der Waals surface area contributed by atoms with E-state index in [0.29, 0.717) is 71.5 Å². The molecular formula is C48H44N4O12. The molecule has 16 heteroatoms. The van der Waals surface area contributed by atoms with Gasteiger partial charge in [0.1, 0.15) is 0 Å².